The molecular formula is C27H25N3O5. The van der Waals surface area contributed by atoms with Crippen LogP contribution in [0.25, 0.3) is 0 Å². The van der Waals surface area contributed by atoms with Crippen molar-refractivity contribution in [2.45, 2.75) is 18.5 Å². The van der Waals surface area contributed by atoms with Gasteiger partial charge in [0.05, 0.1) is 12.7 Å². The van der Waals surface area contributed by atoms with Gasteiger partial charge < -0.3 is 15.4 Å². The fourth-order valence-corrected chi connectivity index (χ4v) is 4.09. The molecule has 0 aromatic heterocycles. The van der Waals surface area contributed by atoms with Crippen LogP contribution in [0, 0.1) is 0 Å². The lowest BCUT2D eigenvalue weighted by Gasteiger charge is -2.27. The highest BCUT2D eigenvalue weighted by Crippen LogP contribution is 2.32. The van der Waals surface area contributed by atoms with Crippen molar-refractivity contribution in [3.8, 4) is 0 Å². The normalized spacial score (nSPS) is 17.1. The molecular weight excluding hydrogens is 446 g/mol. The van der Waals surface area contributed by atoms with Gasteiger partial charge in [0, 0.05) is 13.0 Å². The number of nitrogens with one attached hydrogen (secondary N) is 2. The number of urea groups is 1. The van der Waals surface area contributed by atoms with Crippen LogP contribution in [0.2, 0.25) is 0 Å². The summed E-state index contributed by atoms with van der Waals surface area (Å²) in [6.07, 6.45) is 0.257. The van der Waals surface area contributed by atoms with Crippen LogP contribution in [-0.4, -0.2) is 42.4 Å². The molecule has 3 aromatic carbocycles. The average Bonchev–Trinajstić information content (AvgIpc) is 3.13. The number of ether oxygens (including phenoxy) is 1. The smallest absolute Gasteiger partial charge is 0.337 e. The molecule has 1 aliphatic heterocycles. The Morgan fingerprint density at radius 3 is 2.14 bits per heavy atom. The van der Waals surface area contributed by atoms with Gasteiger partial charge in [0.1, 0.15) is 6.54 Å². The summed E-state index contributed by atoms with van der Waals surface area (Å²) in [5.41, 5.74) is 1.38. The first-order chi connectivity index (χ1) is 16.9. The van der Waals surface area contributed by atoms with Crippen LogP contribution in [0.4, 0.5) is 4.79 Å². The molecule has 1 unspecified atom stereocenters. The lowest BCUT2D eigenvalue weighted by molar-refractivity contribution is -0.135. The number of imide groups is 1. The highest BCUT2D eigenvalue weighted by Gasteiger charge is 2.52. The molecule has 1 saturated heterocycles. The van der Waals surface area contributed by atoms with Crippen LogP contribution in [0.3, 0.4) is 0 Å². The van der Waals surface area contributed by atoms with Crippen LogP contribution < -0.4 is 10.6 Å². The molecule has 8 nitrogen and oxygen atoms in total. The highest BCUT2D eigenvalue weighted by atomic mass is 16.5. The molecule has 0 radical (unpaired) electrons. The number of rotatable bonds is 8. The van der Waals surface area contributed by atoms with Gasteiger partial charge in [-0.1, -0.05) is 72.8 Å². The minimum Gasteiger partial charge on any atom is -0.465 e. The number of hydrogen-bond donors (Lipinski definition) is 2. The van der Waals surface area contributed by atoms with Gasteiger partial charge in [-0.2, -0.15) is 0 Å². The molecule has 4 rings (SSSR count). The maximum atomic E-state index is 13.6. The van der Waals surface area contributed by atoms with Crippen molar-refractivity contribution < 1.29 is 23.9 Å². The molecule has 1 aliphatic rings. The molecule has 178 valence electrons. The summed E-state index contributed by atoms with van der Waals surface area (Å²) in [4.78, 5) is 51.6. The fraction of sp³-hybridized carbons (Fsp3) is 0.185. The number of amides is 4. The van der Waals surface area contributed by atoms with Crippen molar-refractivity contribution in [3.05, 3.63) is 107 Å². The van der Waals surface area contributed by atoms with E-state index in [0.717, 1.165) is 16.0 Å². The van der Waals surface area contributed by atoms with E-state index in [9.17, 15) is 19.2 Å². The van der Waals surface area contributed by atoms with Gasteiger partial charge in [-0.25, -0.2) is 9.59 Å². The number of carbonyl (C=O) groups is 4. The van der Waals surface area contributed by atoms with Gasteiger partial charge in [-0.05, 0) is 28.8 Å². The van der Waals surface area contributed by atoms with E-state index >= 15 is 0 Å². The Labute approximate surface area is 202 Å². The lowest BCUT2D eigenvalue weighted by atomic mass is 9.83. The third kappa shape index (κ3) is 5.06. The van der Waals surface area contributed by atoms with Crippen molar-refractivity contribution in [3.63, 3.8) is 0 Å². The average molecular weight is 472 g/mol. The first-order valence-electron chi connectivity index (χ1n) is 11.1. The predicted octanol–water partition coefficient (Wildman–Crippen LogP) is 2.78. The summed E-state index contributed by atoms with van der Waals surface area (Å²) in [6.45, 7) is -0.230. The number of benzene rings is 3. The van der Waals surface area contributed by atoms with E-state index in [1.807, 2.05) is 48.5 Å². The zero-order valence-corrected chi connectivity index (χ0v) is 19.2. The van der Waals surface area contributed by atoms with Crippen molar-refractivity contribution in [1.82, 2.24) is 15.5 Å². The first-order valence-corrected chi connectivity index (χ1v) is 11.1. The summed E-state index contributed by atoms with van der Waals surface area (Å²) < 4.78 is 4.67. The number of esters is 1. The van der Waals surface area contributed by atoms with E-state index in [4.69, 9.17) is 0 Å². The minimum atomic E-state index is -1.30. The standard InChI is InChI=1S/C27H25N3O5/c1-35-24(32)21-14-12-20(13-15-21)17-28-23(31)18-30-25(33)27(29-26(30)34,22-10-6-3-7-11-22)16-19-8-4-2-5-9-19/h2-15H,16-18H2,1H3,(H,28,31)(H,29,34). The fourth-order valence-electron chi connectivity index (χ4n) is 4.09. The molecule has 0 bridgehead atoms. The Balaban J connectivity index is 1.47. The van der Waals surface area contributed by atoms with E-state index in [-0.39, 0.29) is 13.0 Å². The minimum absolute atomic E-state index is 0.178. The Bertz CT molecular complexity index is 1230. The van der Waals surface area contributed by atoms with Gasteiger partial charge in [0.25, 0.3) is 5.91 Å². The topological polar surface area (TPSA) is 105 Å². The predicted molar refractivity (Wildman–Crippen MR) is 128 cm³/mol. The maximum Gasteiger partial charge on any atom is 0.337 e. The zero-order valence-electron chi connectivity index (χ0n) is 19.2. The number of nitrogens with zero attached hydrogens (tertiary/aromatic N) is 1. The molecule has 0 aliphatic carbocycles. The monoisotopic (exact) mass is 471 g/mol. The molecule has 0 spiro atoms. The summed E-state index contributed by atoms with van der Waals surface area (Å²) in [5, 5.41) is 5.56. The second kappa shape index (κ2) is 10.2. The van der Waals surface area contributed by atoms with Gasteiger partial charge in [-0.15, -0.1) is 0 Å². The number of methoxy groups -OCH3 is 1. The van der Waals surface area contributed by atoms with Gasteiger partial charge in [0.2, 0.25) is 5.91 Å². The van der Waals surface area contributed by atoms with Gasteiger partial charge in [-0.3, -0.25) is 14.5 Å². The largest absolute Gasteiger partial charge is 0.465 e. The van der Waals surface area contributed by atoms with E-state index in [0.29, 0.717) is 11.1 Å². The Morgan fingerprint density at radius 2 is 1.51 bits per heavy atom. The summed E-state index contributed by atoms with van der Waals surface area (Å²) >= 11 is 0. The zero-order chi connectivity index (χ0) is 24.8. The van der Waals surface area contributed by atoms with Crippen molar-refractivity contribution >= 4 is 23.8 Å². The van der Waals surface area contributed by atoms with E-state index in [1.165, 1.54) is 7.11 Å². The van der Waals surface area contributed by atoms with Crippen LogP contribution in [0.5, 0.6) is 0 Å². The second-order valence-electron chi connectivity index (χ2n) is 8.22. The van der Waals surface area contributed by atoms with Crippen LogP contribution >= 0.6 is 0 Å². The van der Waals surface area contributed by atoms with E-state index < -0.39 is 35.9 Å². The first kappa shape index (κ1) is 23.7. The molecule has 1 fully saturated rings. The summed E-state index contributed by atoms with van der Waals surface area (Å²) in [5.74, 6) is -1.40. The third-order valence-corrected chi connectivity index (χ3v) is 5.92. The van der Waals surface area contributed by atoms with Crippen molar-refractivity contribution in [2.75, 3.05) is 13.7 Å². The second-order valence-corrected chi connectivity index (χ2v) is 8.22. The number of carbonyl (C=O) groups excluding carboxylic acids is 4. The van der Waals surface area contributed by atoms with Crippen LogP contribution in [-0.2, 0) is 32.8 Å². The van der Waals surface area contributed by atoms with Gasteiger partial charge in [0.15, 0.2) is 5.54 Å². The van der Waals surface area contributed by atoms with E-state index in [2.05, 4.69) is 15.4 Å². The molecule has 2 N–H and O–H groups in total. The molecule has 8 heteroatoms. The summed E-state index contributed by atoms with van der Waals surface area (Å²) in [7, 11) is 1.30. The molecule has 0 saturated carbocycles. The molecule has 1 atom stereocenters. The molecule has 3 aromatic rings. The Kier molecular flexibility index (Phi) is 6.91. The maximum absolute atomic E-state index is 13.6. The molecule has 4 amide bonds. The van der Waals surface area contributed by atoms with Gasteiger partial charge >= 0.3 is 12.0 Å². The van der Waals surface area contributed by atoms with E-state index in [1.54, 1.807) is 36.4 Å². The Hall–Kier alpha value is -4.46. The van der Waals surface area contributed by atoms with Crippen molar-refractivity contribution in [1.29, 1.82) is 0 Å². The quantitative estimate of drug-likeness (QED) is 0.388. The van der Waals surface area contributed by atoms with Crippen molar-refractivity contribution in [2.24, 2.45) is 0 Å². The Morgan fingerprint density at radius 1 is 0.886 bits per heavy atom. The third-order valence-electron chi connectivity index (χ3n) is 5.92. The van der Waals surface area contributed by atoms with Crippen LogP contribution in [0.15, 0.2) is 84.9 Å². The molecule has 1 heterocycles. The molecule has 35 heavy (non-hydrogen) atoms. The highest BCUT2D eigenvalue weighted by molar-refractivity contribution is 6.09. The summed E-state index contributed by atoms with van der Waals surface area (Å²) in [6, 6.07) is 24.4. The SMILES string of the molecule is COC(=O)c1ccc(CNC(=O)CN2C(=O)NC(Cc3ccccc3)(c3ccccc3)C2=O)cc1. The number of hydrogen-bond acceptors (Lipinski definition) is 5. The lowest BCUT2D eigenvalue weighted by Crippen LogP contribution is -2.46. The van der Waals surface area contributed by atoms with Crippen LogP contribution in [0.1, 0.15) is 27.0 Å².